The van der Waals surface area contributed by atoms with Gasteiger partial charge in [0.05, 0.1) is 61.5 Å². The van der Waals surface area contributed by atoms with Crippen molar-refractivity contribution in [1.82, 2.24) is 83.3 Å². The third kappa shape index (κ3) is 34.3. The highest BCUT2D eigenvalue weighted by Crippen LogP contribution is 2.42. The Labute approximate surface area is 842 Å². The van der Waals surface area contributed by atoms with E-state index in [4.69, 9.17) is 28.4 Å². The first-order valence-corrected chi connectivity index (χ1v) is 48.5. The molecule has 9 aromatic rings. The number of aryl methyl sites for hydroxylation is 1. The van der Waals surface area contributed by atoms with Gasteiger partial charge in [0, 0.05) is 56.4 Å². The van der Waals surface area contributed by atoms with Crippen LogP contribution in [0.25, 0.3) is 11.1 Å². The number of imidazole rings is 1. The Morgan fingerprint density at radius 1 is 0.486 bits per heavy atom. The van der Waals surface area contributed by atoms with Crippen molar-refractivity contribution in [3.63, 3.8) is 0 Å². The predicted molar refractivity (Wildman–Crippen MR) is 542 cm³/mol. The number of rotatable bonds is 48. The van der Waals surface area contributed by atoms with Crippen LogP contribution < -0.4 is 63.2 Å². The second kappa shape index (κ2) is 50.7. The topological polar surface area (TPSA) is 465 Å². The van der Waals surface area contributed by atoms with Crippen molar-refractivity contribution in [2.75, 3.05) is 38.2 Å². The normalized spacial score (nSPS) is 14.1. The van der Waals surface area contributed by atoms with Crippen LogP contribution in [-0.2, 0) is 114 Å². The minimum atomic E-state index is -2.32. The number of carbonyl (C=O) groups is 12. The number of H-pyrrole nitrogens is 1. The molecule has 144 heavy (non-hydrogen) atoms. The summed E-state index contributed by atoms with van der Waals surface area (Å²) in [5, 5.41) is 43.7. The number of halogens is 1. The second-order valence-corrected chi connectivity index (χ2v) is 41.2. The molecule has 0 aliphatic rings. The van der Waals surface area contributed by atoms with Crippen LogP contribution in [0.3, 0.4) is 0 Å². The maximum Gasteiger partial charge on any atom is 0.407 e. The number of nitrogens with one attached hydrogen (secondary N) is 12. The predicted octanol–water partition coefficient (Wildman–Crippen LogP) is 11.2. The molecule has 0 fully saturated rings. The van der Waals surface area contributed by atoms with Gasteiger partial charge in [0.15, 0.2) is 5.82 Å². The van der Waals surface area contributed by atoms with E-state index in [-0.39, 0.29) is 30.8 Å². The summed E-state index contributed by atoms with van der Waals surface area (Å²) in [4.78, 5) is 181. The number of amides is 11. The lowest BCUT2D eigenvalue weighted by Gasteiger charge is -2.38. The van der Waals surface area contributed by atoms with Crippen molar-refractivity contribution < 1.29 is 90.3 Å². The molecule has 774 valence electrons. The molecule has 0 spiro atoms. The maximum atomic E-state index is 16.3. The van der Waals surface area contributed by atoms with E-state index >= 15 is 28.4 Å². The van der Waals surface area contributed by atoms with Gasteiger partial charge in [0.1, 0.15) is 75.5 Å². The molecule has 9 atom stereocenters. The van der Waals surface area contributed by atoms with Crippen LogP contribution in [0.2, 0.25) is 0 Å². The Bertz CT molecular complexity index is 5700. The summed E-state index contributed by atoms with van der Waals surface area (Å²) in [6.45, 7) is 33.6. The minimum Gasteiger partial charge on any atom is -0.494 e. The average molecular weight is 1990 g/mol. The van der Waals surface area contributed by atoms with Crippen molar-refractivity contribution in [2.24, 2.45) is 5.41 Å². The van der Waals surface area contributed by atoms with E-state index in [0.29, 0.717) is 49.4 Å². The first kappa shape index (κ1) is 113. The number of unbranched alkanes of at least 4 members (excludes halogenated alkanes) is 1. The standard InChI is InChI=1S/C108H142FN17O18/c1-22-71-60-79(139-58-38-37-56-112-100(138)144-105(16,17)18)53-54-80(71)72-51-49-70(50-52-72)59-82(92(130)114-77-46-33-26-34-47-77)115-93(131)84(62-88(128)143-104(13,14)15)116-94(132)85(66-140-101(4,5)6)117-95(133)89(68(2)141-102(7,8)9)120-99(137)107(21,63-73-39-35-36-48-81(73)109)121-96(134)90(69(3)142-103(10,11)12)119-87(127)65-113-91(129)83(61-86-122-124-125-123-86)118-98(136)106(19,20)97(135)111-57-55-78-64-110-67-126(78)108(74-40-27-23-28-41-74,75-42-29-24-30-43-75)76-44-31-25-32-45-76/h23-36,39-54,60,64,67-69,82-85,89-90H,22,37-38,55-59,61-63,65-66H2,1-21H3,(H,111,135)(H,112,138)(H,113,129)(H,114,130)(H,115,131)(H,116,132)(H,117,133)(H,118,136)(H,119,127)(H,120,137)(H,121,134)(H,122,123,124,125)/t68-,69-,82+,83+,84+,85+,89+,90+,107+/m1/s1. The molecule has 12 N–H and O–H groups in total. The zero-order chi connectivity index (χ0) is 106. The molecule has 0 aliphatic carbocycles. The van der Waals surface area contributed by atoms with E-state index in [1.807, 2.05) is 140 Å². The number of ether oxygens (including phenoxy) is 6. The maximum absolute atomic E-state index is 16.3. The largest absolute Gasteiger partial charge is 0.494 e. The zero-order valence-corrected chi connectivity index (χ0v) is 86.3. The molecule has 9 rings (SSSR count). The van der Waals surface area contributed by atoms with Gasteiger partial charge in [0.25, 0.3) is 0 Å². The fourth-order valence-corrected chi connectivity index (χ4v) is 16.1. The van der Waals surface area contributed by atoms with Gasteiger partial charge in [-0.15, -0.1) is 10.2 Å². The molecule has 11 amide bonds. The third-order valence-electron chi connectivity index (χ3n) is 22.9. The van der Waals surface area contributed by atoms with Gasteiger partial charge in [-0.1, -0.05) is 170 Å². The van der Waals surface area contributed by atoms with Crippen molar-refractivity contribution in [1.29, 1.82) is 0 Å². The molecule has 0 saturated carbocycles. The van der Waals surface area contributed by atoms with E-state index in [9.17, 15) is 33.6 Å². The molecular weight excluding hydrogens is 1840 g/mol. The van der Waals surface area contributed by atoms with Gasteiger partial charge in [-0.2, -0.15) is 5.21 Å². The highest BCUT2D eigenvalue weighted by atomic mass is 19.1. The number of anilines is 1. The van der Waals surface area contributed by atoms with Gasteiger partial charge in [-0.25, -0.2) is 14.2 Å². The highest BCUT2D eigenvalue weighted by molar-refractivity contribution is 6.06. The molecule has 35 nitrogen and oxygen atoms in total. The number of benzene rings is 7. The number of hydrogen-bond donors (Lipinski definition) is 12. The Balaban J connectivity index is 0.932. The highest BCUT2D eigenvalue weighted by Gasteiger charge is 2.47. The number of para-hydroxylation sites is 1. The molecule has 0 aliphatic heterocycles. The molecule has 0 radical (unpaired) electrons. The van der Waals surface area contributed by atoms with E-state index in [2.05, 4.69) is 88.7 Å². The van der Waals surface area contributed by atoms with Gasteiger partial charge in [-0.3, -0.25) is 52.7 Å². The number of carbonyl (C=O) groups excluding carboxylic acids is 12. The van der Waals surface area contributed by atoms with Gasteiger partial charge >= 0.3 is 12.1 Å². The molecule has 2 aromatic heterocycles. The SMILES string of the molecule is CCc1cc(OCCCCNC(=O)OC(C)(C)C)ccc1-c1ccc(C[C@H](NC(=O)[C@H](CC(=O)OC(C)(C)C)NC(=O)[C@H](COC(C)(C)C)NC(=O)[C@@H](NC(=O)[C@](C)(Cc2ccccc2F)NC(=O)[C@@H](NC(=O)CNC(=O)[C@H](Cc2nn[nH]n2)NC(=O)C(C)(C)C(=O)NCCc2cncn2C(c2ccccc2)(c2ccccc2)c2ccccc2)[C@@H](C)OC(C)(C)C)[C@@H](C)OC(C)(C)C)C(=O)Nc2ccccc2)cc1. The Morgan fingerprint density at radius 3 is 1.59 bits per heavy atom. The van der Waals surface area contributed by atoms with Crippen LogP contribution in [0.1, 0.15) is 210 Å². The Kier molecular flexibility index (Phi) is 39.9. The summed E-state index contributed by atoms with van der Waals surface area (Å²) < 4.78 is 54.4. The Morgan fingerprint density at radius 2 is 1.03 bits per heavy atom. The van der Waals surface area contributed by atoms with Crippen LogP contribution in [0, 0.1) is 11.2 Å². The average Bonchev–Trinajstić information content (AvgIpc) is 1.36. The minimum absolute atomic E-state index is 0.0399. The van der Waals surface area contributed by atoms with Crippen LogP contribution in [0.4, 0.5) is 14.9 Å². The number of alkyl carbamates (subject to hydrolysis) is 1. The molecule has 0 unspecified atom stereocenters. The number of aromatic amines is 1. The van der Waals surface area contributed by atoms with E-state index in [1.54, 1.807) is 147 Å². The molecule has 2 heterocycles. The summed E-state index contributed by atoms with van der Waals surface area (Å²) in [5.41, 5.74) is -2.70. The number of esters is 1. The molecule has 0 bridgehead atoms. The summed E-state index contributed by atoms with van der Waals surface area (Å²) >= 11 is 0. The molecular formula is C108H142FN17O18. The molecule has 7 aromatic carbocycles. The van der Waals surface area contributed by atoms with Crippen LogP contribution >= 0.6 is 0 Å². The van der Waals surface area contributed by atoms with E-state index in [0.717, 1.165) is 45.1 Å². The summed E-state index contributed by atoms with van der Waals surface area (Å²) in [6.07, 6.45) is 0.679. The number of hydrogen-bond acceptors (Lipinski definition) is 22. The van der Waals surface area contributed by atoms with Crippen LogP contribution in [-0.4, -0.2) is 216 Å². The Hall–Kier alpha value is -14.1. The van der Waals surface area contributed by atoms with Crippen molar-refractivity contribution in [3.05, 3.63) is 251 Å². The number of nitrogens with zero attached hydrogens (tertiary/aromatic N) is 5. The van der Waals surface area contributed by atoms with Gasteiger partial charge in [0.2, 0.25) is 59.1 Å². The third-order valence-corrected chi connectivity index (χ3v) is 22.9. The quantitative estimate of drug-likeness (QED) is 0.00729. The summed E-state index contributed by atoms with van der Waals surface area (Å²) in [6, 6.07) is 46.8. The van der Waals surface area contributed by atoms with Crippen LogP contribution in [0.15, 0.2) is 201 Å². The number of tetrazole rings is 1. The van der Waals surface area contributed by atoms with Crippen LogP contribution in [0.5, 0.6) is 5.75 Å². The smallest absolute Gasteiger partial charge is 0.407 e. The van der Waals surface area contributed by atoms with E-state index < -0.39 is 202 Å². The lowest BCUT2D eigenvalue weighted by atomic mass is 9.76. The fourth-order valence-electron chi connectivity index (χ4n) is 16.1. The van der Waals surface area contributed by atoms with Crippen molar-refractivity contribution in [2.45, 2.75) is 284 Å². The van der Waals surface area contributed by atoms with Gasteiger partial charge < -0.3 is 91.5 Å². The van der Waals surface area contributed by atoms with E-state index in [1.165, 1.54) is 52.8 Å². The first-order chi connectivity index (χ1) is 67.7. The first-order valence-electron chi connectivity index (χ1n) is 48.5. The molecule has 36 heteroatoms. The second-order valence-electron chi connectivity index (χ2n) is 41.2. The van der Waals surface area contributed by atoms with Crippen molar-refractivity contribution >= 4 is 76.8 Å². The zero-order valence-electron chi connectivity index (χ0n) is 86.3. The summed E-state index contributed by atoms with van der Waals surface area (Å²) in [5.74, 6) is -10.8. The summed E-state index contributed by atoms with van der Waals surface area (Å²) in [7, 11) is 0. The lowest BCUT2D eigenvalue weighted by molar-refractivity contribution is -0.157. The van der Waals surface area contributed by atoms with Gasteiger partial charge in [-0.05, 0) is 233 Å². The lowest BCUT2D eigenvalue weighted by Crippen LogP contribution is -2.67. The fraction of sp³-hybridized carbons (Fsp3) is 0.463. The van der Waals surface area contributed by atoms with Crippen molar-refractivity contribution in [3.8, 4) is 16.9 Å². The molecule has 0 saturated heterocycles. The number of aromatic nitrogens is 6. The monoisotopic (exact) mass is 1980 g/mol.